The van der Waals surface area contributed by atoms with Gasteiger partial charge in [0, 0.05) is 23.5 Å². The van der Waals surface area contributed by atoms with Crippen molar-refractivity contribution in [3.8, 4) is 0 Å². The summed E-state index contributed by atoms with van der Waals surface area (Å²) in [7, 11) is 0. The summed E-state index contributed by atoms with van der Waals surface area (Å²) in [5.41, 5.74) is 9.21. The Kier molecular flexibility index (Phi) is 6.33. The molecule has 2 saturated carbocycles. The second-order valence-electron chi connectivity index (χ2n) is 7.47. The molecular formula is C21H26ClN3S2. The molecule has 5 rings (SSSR count). The van der Waals surface area contributed by atoms with Crippen LogP contribution in [0.3, 0.4) is 0 Å². The predicted molar refractivity (Wildman–Crippen MR) is 119 cm³/mol. The van der Waals surface area contributed by atoms with Crippen molar-refractivity contribution in [2.75, 3.05) is 5.32 Å². The molecule has 0 atom stereocenters. The summed E-state index contributed by atoms with van der Waals surface area (Å²) in [5.74, 6) is 0.708. The van der Waals surface area contributed by atoms with Crippen molar-refractivity contribution in [1.29, 1.82) is 0 Å². The molecule has 0 aliphatic heterocycles. The molecule has 0 aromatic carbocycles. The smallest absolute Gasteiger partial charge is 0.131 e. The normalized spacial score (nSPS) is 17.6. The molecule has 3 nitrogen and oxygen atoms in total. The summed E-state index contributed by atoms with van der Waals surface area (Å²) >= 11 is 9.73. The Balaban J connectivity index is 0.000000218. The Labute approximate surface area is 174 Å². The van der Waals surface area contributed by atoms with E-state index in [2.05, 4.69) is 33.2 Å². The quantitative estimate of drug-likeness (QED) is 0.458. The van der Waals surface area contributed by atoms with Crippen LogP contribution in [0.4, 0.5) is 5.69 Å². The van der Waals surface area contributed by atoms with Crippen LogP contribution in [0, 0.1) is 0 Å². The van der Waals surface area contributed by atoms with Crippen LogP contribution in [0.1, 0.15) is 61.3 Å². The Morgan fingerprint density at radius 2 is 1.96 bits per heavy atom. The number of nitrogens with zero attached hydrogens (tertiary/aromatic N) is 1. The molecule has 3 aromatic heterocycles. The monoisotopic (exact) mass is 419 g/mol. The largest absolute Gasteiger partial charge is 0.379 e. The van der Waals surface area contributed by atoms with Crippen molar-refractivity contribution in [1.82, 2.24) is 4.98 Å². The minimum absolute atomic E-state index is 0.536. The van der Waals surface area contributed by atoms with Gasteiger partial charge in [-0.15, -0.1) is 22.7 Å². The highest BCUT2D eigenvalue weighted by atomic mass is 35.5. The molecule has 2 aliphatic carbocycles. The first-order valence-corrected chi connectivity index (χ1v) is 11.9. The van der Waals surface area contributed by atoms with E-state index in [1.807, 2.05) is 6.07 Å². The lowest BCUT2D eigenvalue weighted by molar-refractivity contribution is 0.441. The lowest BCUT2D eigenvalue weighted by Crippen LogP contribution is -2.22. The van der Waals surface area contributed by atoms with Crippen molar-refractivity contribution in [3.05, 3.63) is 44.6 Å². The van der Waals surface area contributed by atoms with E-state index in [1.54, 1.807) is 22.7 Å². The molecule has 3 heterocycles. The van der Waals surface area contributed by atoms with Gasteiger partial charge >= 0.3 is 0 Å². The van der Waals surface area contributed by atoms with Crippen LogP contribution in [0.2, 0.25) is 5.15 Å². The standard InChI is InChI=1S/C15H13ClN2S2.C6H13N/c16-13-6-12(17-7-10-2-1-5-19-10)15-14(18-13)11(8-20-15)9-3-4-9;7-6-4-2-1-3-5-6/h1-2,5-6,8-9H,3-4,7H2,(H,17,18);6H,1-5,7H2. The Hall–Kier alpha value is -1.14. The maximum atomic E-state index is 6.19. The number of nitrogens with one attached hydrogen (secondary N) is 1. The zero-order valence-electron chi connectivity index (χ0n) is 15.4. The summed E-state index contributed by atoms with van der Waals surface area (Å²) in [6.07, 6.45) is 9.24. The molecule has 3 aromatic rings. The highest BCUT2D eigenvalue weighted by molar-refractivity contribution is 7.18. The average Bonchev–Trinajstić information content (AvgIpc) is 3.21. The number of pyridine rings is 1. The van der Waals surface area contributed by atoms with Gasteiger partial charge in [0.15, 0.2) is 0 Å². The van der Waals surface area contributed by atoms with Crippen LogP contribution in [-0.4, -0.2) is 11.0 Å². The lowest BCUT2D eigenvalue weighted by atomic mass is 9.97. The van der Waals surface area contributed by atoms with Crippen molar-refractivity contribution < 1.29 is 0 Å². The topological polar surface area (TPSA) is 50.9 Å². The van der Waals surface area contributed by atoms with Crippen LogP contribution in [0.5, 0.6) is 0 Å². The van der Waals surface area contributed by atoms with E-state index in [4.69, 9.17) is 17.3 Å². The number of halogens is 1. The molecule has 2 aliphatic rings. The zero-order valence-corrected chi connectivity index (χ0v) is 17.8. The molecule has 2 fully saturated rings. The maximum Gasteiger partial charge on any atom is 0.131 e. The highest BCUT2D eigenvalue weighted by Crippen LogP contribution is 2.46. The summed E-state index contributed by atoms with van der Waals surface area (Å²) in [6, 6.07) is 6.69. The van der Waals surface area contributed by atoms with Crippen molar-refractivity contribution >= 4 is 50.2 Å². The third kappa shape index (κ3) is 5.02. The van der Waals surface area contributed by atoms with Crippen molar-refractivity contribution in [2.45, 2.75) is 63.5 Å². The van der Waals surface area contributed by atoms with Gasteiger partial charge in [-0.1, -0.05) is 36.9 Å². The van der Waals surface area contributed by atoms with Gasteiger partial charge in [-0.25, -0.2) is 4.98 Å². The summed E-state index contributed by atoms with van der Waals surface area (Å²) in [4.78, 5) is 5.87. The van der Waals surface area contributed by atoms with E-state index in [1.165, 1.54) is 60.1 Å². The number of fused-ring (bicyclic) bond motifs is 1. The van der Waals surface area contributed by atoms with E-state index in [0.29, 0.717) is 17.1 Å². The first-order valence-electron chi connectivity index (χ1n) is 9.80. The number of nitrogens with two attached hydrogens (primary N) is 1. The van der Waals surface area contributed by atoms with Gasteiger partial charge in [-0.05, 0) is 54.0 Å². The first-order chi connectivity index (χ1) is 13.2. The molecule has 144 valence electrons. The van der Waals surface area contributed by atoms with Crippen LogP contribution in [-0.2, 0) is 6.54 Å². The van der Waals surface area contributed by atoms with Gasteiger partial charge in [-0.2, -0.15) is 0 Å². The lowest BCUT2D eigenvalue weighted by Gasteiger charge is -2.15. The highest BCUT2D eigenvalue weighted by Gasteiger charge is 2.27. The minimum Gasteiger partial charge on any atom is -0.379 e. The van der Waals surface area contributed by atoms with Gasteiger partial charge in [0.05, 0.1) is 15.9 Å². The van der Waals surface area contributed by atoms with Gasteiger partial charge in [0.25, 0.3) is 0 Å². The molecule has 6 heteroatoms. The van der Waals surface area contributed by atoms with Crippen LogP contribution in [0.25, 0.3) is 10.2 Å². The SMILES string of the molecule is Clc1cc(NCc2cccs2)c2scc(C3CC3)c2n1.NC1CCCCC1. The molecule has 0 spiro atoms. The number of aromatic nitrogens is 1. The summed E-state index contributed by atoms with van der Waals surface area (Å²) < 4.78 is 1.23. The van der Waals surface area contributed by atoms with Crippen LogP contribution in [0.15, 0.2) is 29.0 Å². The molecular weight excluding hydrogens is 394 g/mol. The molecule has 0 amide bonds. The predicted octanol–water partition coefficient (Wildman–Crippen LogP) is 6.78. The number of rotatable bonds is 4. The van der Waals surface area contributed by atoms with Crippen LogP contribution >= 0.6 is 34.3 Å². The molecule has 27 heavy (non-hydrogen) atoms. The third-order valence-electron chi connectivity index (χ3n) is 5.22. The molecule has 3 N–H and O–H groups in total. The molecule has 0 radical (unpaired) electrons. The molecule has 0 saturated heterocycles. The fourth-order valence-electron chi connectivity index (χ4n) is 3.54. The summed E-state index contributed by atoms with van der Waals surface area (Å²) in [5, 5.41) is 8.43. The number of hydrogen-bond acceptors (Lipinski definition) is 5. The van der Waals surface area contributed by atoms with E-state index in [0.717, 1.165) is 17.7 Å². The fourth-order valence-corrected chi connectivity index (χ4v) is 5.46. The molecule has 0 unspecified atom stereocenters. The molecule has 0 bridgehead atoms. The van der Waals surface area contributed by atoms with Crippen molar-refractivity contribution in [3.63, 3.8) is 0 Å². The number of anilines is 1. The Morgan fingerprint density at radius 3 is 2.59 bits per heavy atom. The maximum absolute atomic E-state index is 6.19. The first kappa shape index (κ1) is 19.2. The van der Waals surface area contributed by atoms with E-state index >= 15 is 0 Å². The van der Waals surface area contributed by atoms with E-state index in [9.17, 15) is 0 Å². The fraction of sp³-hybridized carbons (Fsp3) is 0.476. The number of thiophene rings is 2. The van der Waals surface area contributed by atoms with Crippen LogP contribution < -0.4 is 11.1 Å². The minimum atomic E-state index is 0.536. The average molecular weight is 420 g/mol. The Morgan fingerprint density at radius 1 is 1.15 bits per heavy atom. The third-order valence-corrected chi connectivity index (χ3v) is 7.31. The van der Waals surface area contributed by atoms with E-state index < -0.39 is 0 Å². The van der Waals surface area contributed by atoms with Crippen molar-refractivity contribution in [2.24, 2.45) is 5.73 Å². The second-order valence-corrected chi connectivity index (χ2v) is 9.77. The second kappa shape index (κ2) is 8.91. The number of hydrogen-bond donors (Lipinski definition) is 2. The summed E-state index contributed by atoms with van der Waals surface area (Å²) in [6.45, 7) is 0.837. The van der Waals surface area contributed by atoms with Gasteiger partial charge in [0.1, 0.15) is 5.15 Å². The zero-order chi connectivity index (χ0) is 18.6. The van der Waals surface area contributed by atoms with Gasteiger partial charge < -0.3 is 11.1 Å². The van der Waals surface area contributed by atoms with Gasteiger partial charge in [-0.3, -0.25) is 0 Å². The van der Waals surface area contributed by atoms with E-state index in [-0.39, 0.29) is 0 Å². The van der Waals surface area contributed by atoms with Gasteiger partial charge in [0.2, 0.25) is 0 Å². The Bertz CT molecular complexity index is 865.